The number of ether oxygens (including phenoxy) is 1. The first-order valence-electron chi connectivity index (χ1n) is 7.53. The van der Waals surface area contributed by atoms with Gasteiger partial charge in [-0.1, -0.05) is 0 Å². The van der Waals surface area contributed by atoms with Crippen molar-refractivity contribution in [2.45, 2.75) is 51.2 Å². The number of methoxy groups -OCH3 is 1. The summed E-state index contributed by atoms with van der Waals surface area (Å²) in [5, 5.41) is 3.36. The van der Waals surface area contributed by atoms with Crippen LogP contribution in [0.1, 0.15) is 33.6 Å². The highest BCUT2D eigenvalue weighted by Crippen LogP contribution is 2.17. The van der Waals surface area contributed by atoms with Gasteiger partial charge in [0, 0.05) is 25.2 Å². The Morgan fingerprint density at radius 3 is 2.70 bits per heavy atom. The lowest BCUT2D eigenvalue weighted by Crippen LogP contribution is -2.61. The molecule has 1 N–H and O–H groups in total. The van der Waals surface area contributed by atoms with Crippen LogP contribution in [0.4, 0.5) is 0 Å². The number of nitrogens with one attached hydrogen (secondary N) is 1. The second kappa shape index (κ2) is 7.38. The fourth-order valence-electron chi connectivity index (χ4n) is 3.16. The van der Waals surface area contributed by atoms with Crippen LogP contribution in [0.15, 0.2) is 0 Å². The fraction of sp³-hybridized carbons (Fsp3) is 0.933. The molecule has 0 amide bonds. The number of likely N-dealkylation sites (N-methyl/N-ethyl adjacent to an activating group) is 2. The van der Waals surface area contributed by atoms with E-state index in [1.165, 1.54) is 26.5 Å². The standard InChI is InChI=1S/C15H31N3O2/c1-12(2)16-15(3,14(19)20-6)11-18(5)13-8-7-9-17(4)10-13/h12-13,16H,7-11H2,1-6H3. The second-order valence-corrected chi connectivity index (χ2v) is 6.60. The van der Waals surface area contributed by atoms with E-state index in [0.29, 0.717) is 12.6 Å². The molecule has 0 radical (unpaired) electrons. The summed E-state index contributed by atoms with van der Waals surface area (Å²) in [7, 11) is 5.72. The molecule has 1 fully saturated rings. The van der Waals surface area contributed by atoms with Crippen LogP contribution >= 0.6 is 0 Å². The van der Waals surface area contributed by atoms with Crippen molar-refractivity contribution in [1.82, 2.24) is 15.1 Å². The monoisotopic (exact) mass is 285 g/mol. The van der Waals surface area contributed by atoms with Crippen molar-refractivity contribution in [3.63, 3.8) is 0 Å². The molecule has 1 aliphatic heterocycles. The third-order valence-corrected chi connectivity index (χ3v) is 4.03. The van der Waals surface area contributed by atoms with Gasteiger partial charge >= 0.3 is 5.97 Å². The van der Waals surface area contributed by atoms with E-state index < -0.39 is 5.54 Å². The Balaban J connectivity index is 2.70. The van der Waals surface area contributed by atoms with Crippen LogP contribution in [0, 0.1) is 0 Å². The van der Waals surface area contributed by atoms with E-state index in [2.05, 4.69) is 43.1 Å². The maximum absolute atomic E-state index is 12.1. The summed E-state index contributed by atoms with van der Waals surface area (Å²) < 4.78 is 4.99. The van der Waals surface area contributed by atoms with E-state index in [1.807, 2.05) is 6.92 Å². The van der Waals surface area contributed by atoms with Gasteiger partial charge in [0.2, 0.25) is 0 Å². The van der Waals surface area contributed by atoms with E-state index in [4.69, 9.17) is 4.74 Å². The highest BCUT2D eigenvalue weighted by Gasteiger charge is 2.37. The summed E-state index contributed by atoms with van der Waals surface area (Å²) in [5.74, 6) is -0.192. The second-order valence-electron chi connectivity index (χ2n) is 6.60. The lowest BCUT2D eigenvalue weighted by atomic mass is 9.97. The van der Waals surface area contributed by atoms with Crippen molar-refractivity contribution in [3.05, 3.63) is 0 Å². The molecule has 0 aromatic carbocycles. The number of piperidine rings is 1. The molecular formula is C15H31N3O2. The fourth-order valence-corrected chi connectivity index (χ4v) is 3.16. The van der Waals surface area contributed by atoms with E-state index in [1.54, 1.807) is 0 Å². The Hall–Kier alpha value is -0.650. The molecule has 1 saturated heterocycles. The van der Waals surface area contributed by atoms with Crippen molar-refractivity contribution < 1.29 is 9.53 Å². The van der Waals surface area contributed by atoms with Crippen LogP contribution in [0.3, 0.4) is 0 Å². The van der Waals surface area contributed by atoms with Gasteiger partial charge in [0.1, 0.15) is 5.54 Å². The van der Waals surface area contributed by atoms with Crippen LogP contribution < -0.4 is 5.32 Å². The van der Waals surface area contributed by atoms with Gasteiger partial charge in [-0.2, -0.15) is 0 Å². The van der Waals surface area contributed by atoms with Gasteiger partial charge in [0.25, 0.3) is 0 Å². The highest BCUT2D eigenvalue weighted by molar-refractivity contribution is 5.80. The predicted octanol–water partition coefficient (Wildman–Crippen LogP) is 0.942. The molecule has 118 valence electrons. The van der Waals surface area contributed by atoms with Gasteiger partial charge in [0.15, 0.2) is 0 Å². The van der Waals surface area contributed by atoms with Crippen LogP contribution in [-0.4, -0.2) is 74.2 Å². The lowest BCUT2D eigenvalue weighted by molar-refractivity contribution is -0.149. The van der Waals surface area contributed by atoms with Gasteiger partial charge in [-0.15, -0.1) is 0 Å². The molecule has 0 bridgehead atoms. The number of carbonyl (C=O) groups is 1. The molecule has 1 heterocycles. The molecule has 0 saturated carbocycles. The first kappa shape index (κ1) is 17.4. The number of likely N-dealkylation sites (tertiary alicyclic amines) is 1. The highest BCUT2D eigenvalue weighted by atomic mass is 16.5. The van der Waals surface area contributed by atoms with Crippen molar-refractivity contribution in [2.75, 3.05) is 40.8 Å². The average Bonchev–Trinajstić information content (AvgIpc) is 2.36. The summed E-state index contributed by atoms with van der Waals surface area (Å²) in [6.07, 6.45) is 2.41. The Kier molecular flexibility index (Phi) is 6.43. The zero-order valence-electron chi connectivity index (χ0n) is 13.9. The first-order valence-corrected chi connectivity index (χ1v) is 7.53. The van der Waals surface area contributed by atoms with Gasteiger partial charge in [0.05, 0.1) is 7.11 Å². The molecule has 2 unspecified atom stereocenters. The quantitative estimate of drug-likeness (QED) is 0.736. The number of carbonyl (C=O) groups excluding carboxylic acids is 1. The Morgan fingerprint density at radius 1 is 1.55 bits per heavy atom. The number of hydrogen-bond acceptors (Lipinski definition) is 5. The van der Waals surface area contributed by atoms with Crippen molar-refractivity contribution >= 4 is 5.97 Å². The summed E-state index contributed by atoms with van der Waals surface area (Å²) in [6.45, 7) is 8.93. The summed E-state index contributed by atoms with van der Waals surface area (Å²) in [6, 6.07) is 0.744. The van der Waals surface area contributed by atoms with Crippen LogP contribution in [0.5, 0.6) is 0 Å². The summed E-state index contributed by atoms with van der Waals surface area (Å²) >= 11 is 0. The molecule has 0 aromatic rings. The minimum Gasteiger partial charge on any atom is -0.468 e. The van der Waals surface area contributed by atoms with Gasteiger partial charge in [-0.05, 0) is 54.3 Å². The topological polar surface area (TPSA) is 44.8 Å². The molecule has 0 spiro atoms. The van der Waals surface area contributed by atoms with Gasteiger partial charge in [-0.3, -0.25) is 15.0 Å². The Labute approximate surface area is 123 Å². The lowest BCUT2D eigenvalue weighted by Gasteiger charge is -2.40. The maximum atomic E-state index is 12.1. The number of rotatable bonds is 6. The maximum Gasteiger partial charge on any atom is 0.327 e. The normalized spacial score (nSPS) is 23.9. The SMILES string of the molecule is COC(=O)C(C)(CN(C)C1CCCN(C)C1)NC(C)C. The summed E-state index contributed by atoms with van der Waals surface area (Å²) in [4.78, 5) is 16.8. The number of hydrogen-bond donors (Lipinski definition) is 1. The molecule has 2 atom stereocenters. The third kappa shape index (κ3) is 4.72. The molecule has 0 aliphatic carbocycles. The van der Waals surface area contributed by atoms with Gasteiger partial charge < -0.3 is 9.64 Å². The van der Waals surface area contributed by atoms with Crippen molar-refractivity contribution in [1.29, 1.82) is 0 Å². The average molecular weight is 285 g/mol. The smallest absolute Gasteiger partial charge is 0.327 e. The van der Waals surface area contributed by atoms with Crippen LogP contribution in [0.2, 0.25) is 0 Å². The van der Waals surface area contributed by atoms with E-state index in [0.717, 1.165) is 6.54 Å². The summed E-state index contributed by atoms with van der Waals surface area (Å²) in [5.41, 5.74) is -0.659. The molecular weight excluding hydrogens is 254 g/mol. The zero-order valence-corrected chi connectivity index (χ0v) is 13.9. The Morgan fingerprint density at radius 2 is 2.20 bits per heavy atom. The molecule has 20 heavy (non-hydrogen) atoms. The van der Waals surface area contributed by atoms with E-state index >= 15 is 0 Å². The number of esters is 1. The van der Waals surface area contributed by atoms with E-state index in [-0.39, 0.29) is 12.0 Å². The van der Waals surface area contributed by atoms with E-state index in [9.17, 15) is 4.79 Å². The van der Waals surface area contributed by atoms with Gasteiger partial charge in [-0.25, -0.2) is 0 Å². The molecule has 0 aromatic heterocycles. The van der Waals surface area contributed by atoms with Crippen LogP contribution in [0.25, 0.3) is 0 Å². The molecule has 5 heteroatoms. The molecule has 1 rings (SSSR count). The van der Waals surface area contributed by atoms with Crippen molar-refractivity contribution in [3.8, 4) is 0 Å². The van der Waals surface area contributed by atoms with Crippen LogP contribution in [-0.2, 0) is 9.53 Å². The first-order chi connectivity index (χ1) is 9.28. The largest absolute Gasteiger partial charge is 0.468 e. The third-order valence-electron chi connectivity index (χ3n) is 4.03. The molecule has 5 nitrogen and oxygen atoms in total. The molecule has 1 aliphatic rings. The van der Waals surface area contributed by atoms with Crippen molar-refractivity contribution in [2.24, 2.45) is 0 Å². The predicted molar refractivity (Wildman–Crippen MR) is 81.8 cm³/mol. The number of nitrogens with zero attached hydrogens (tertiary/aromatic N) is 2. The minimum absolute atomic E-state index is 0.192. The zero-order chi connectivity index (χ0) is 15.3. The Bertz CT molecular complexity index is 322. The minimum atomic E-state index is -0.659.